The summed E-state index contributed by atoms with van der Waals surface area (Å²) >= 11 is 0. The molecule has 0 aliphatic carbocycles. The molecule has 0 spiro atoms. The Morgan fingerprint density at radius 1 is 1.00 bits per heavy atom. The minimum Gasteiger partial charge on any atom is -0.287 e. The van der Waals surface area contributed by atoms with Gasteiger partial charge in [0.25, 0.3) is 0 Å². The van der Waals surface area contributed by atoms with Gasteiger partial charge in [-0.25, -0.2) is 9.97 Å². The third kappa shape index (κ3) is 1.46. The highest BCUT2D eigenvalue weighted by Gasteiger charge is 2.13. The highest BCUT2D eigenvalue weighted by Crippen LogP contribution is 2.23. The van der Waals surface area contributed by atoms with Crippen molar-refractivity contribution in [3.63, 3.8) is 0 Å². The van der Waals surface area contributed by atoms with Crippen LogP contribution < -0.4 is 0 Å². The van der Waals surface area contributed by atoms with Gasteiger partial charge < -0.3 is 0 Å². The summed E-state index contributed by atoms with van der Waals surface area (Å²) in [6.45, 7) is 1.98. The number of benzene rings is 1. The number of hydrogen-bond acceptors (Lipinski definition) is 3. The van der Waals surface area contributed by atoms with E-state index < -0.39 is 0 Å². The SMILES string of the molecule is Cc1nc2c(cnn2C)c2nc(-c3ccccc3)cn12. The standard InChI is InChI=1S/C15H13N5/c1-10-17-14-12(8-16-19(14)2)15-18-13(9-20(10)15)11-6-4-3-5-7-11/h3-9H,1-2H3. The first kappa shape index (κ1) is 11.2. The zero-order valence-corrected chi connectivity index (χ0v) is 11.3. The molecule has 4 rings (SSSR count). The largest absolute Gasteiger partial charge is 0.287 e. The van der Waals surface area contributed by atoms with Crippen molar-refractivity contribution >= 4 is 16.7 Å². The monoisotopic (exact) mass is 263 g/mol. The molecule has 0 unspecified atom stereocenters. The fraction of sp³-hybridized carbons (Fsp3) is 0.133. The Morgan fingerprint density at radius 3 is 2.60 bits per heavy atom. The number of aromatic nitrogens is 5. The number of aryl methyl sites for hydroxylation is 2. The van der Waals surface area contributed by atoms with Gasteiger partial charge in [0.1, 0.15) is 5.82 Å². The molecule has 0 atom stereocenters. The van der Waals surface area contributed by atoms with E-state index in [2.05, 4.69) is 22.2 Å². The summed E-state index contributed by atoms with van der Waals surface area (Å²) in [6.07, 6.45) is 3.85. The lowest BCUT2D eigenvalue weighted by Gasteiger charge is -2.00. The summed E-state index contributed by atoms with van der Waals surface area (Å²) in [6, 6.07) is 10.2. The second kappa shape index (κ2) is 3.90. The van der Waals surface area contributed by atoms with E-state index in [0.29, 0.717) is 0 Å². The Bertz CT molecular complexity index is 918. The summed E-state index contributed by atoms with van der Waals surface area (Å²) in [7, 11) is 1.90. The molecule has 4 aromatic rings. The second-order valence-corrected chi connectivity index (χ2v) is 4.85. The van der Waals surface area contributed by atoms with E-state index in [1.54, 1.807) is 4.68 Å². The second-order valence-electron chi connectivity index (χ2n) is 4.85. The first-order valence-electron chi connectivity index (χ1n) is 6.47. The highest BCUT2D eigenvalue weighted by atomic mass is 15.3. The van der Waals surface area contributed by atoms with Crippen molar-refractivity contribution in [3.05, 3.63) is 48.5 Å². The number of rotatable bonds is 1. The van der Waals surface area contributed by atoms with Gasteiger partial charge >= 0.3 is 0 Å². The van der Waals surface area contributed by atoms with Gasteiger partial charge in [0.15, 0.2) is 11.3 Å². The zero-order chi connectivity index (χ0) is 13.7. The molecular formula is C15H13N5. The van der Waals surface area contributed by atoms with Crippen molar-refractivity contribution in [2.45, 2.75) is 6.92 Å². The van der Waals surface area contributed by atoms with Crippen molar-refractivity contribution in [2.75, 3.05) is 0 Å². The molecule has 20 heavy (non-hydrogen) atoms. The number of nitrogens with zero attached hydrogens (tertiary/aromatic N) is 5. The maximum Gasteiger partial charge on any atom is 0.163 e. The molecule has 0 bridgehead atoms. The Kier molecular flexibility index (Phi) is 2.18. The molecule has 3 heterocycles. The average Bonchev–Trinajstić information content (AvgIpc) is 3.05. The van der Waals surface area contributed by atoms with Gasteiger partial charge in [-0.3, -0.25) is 9.08 Å². The van der Waals surface area contributed by atoms with Crippen LogP contribution in [0.25, 0.3) is 27.9 Å². The normalized spacial score (nSPS) is 11.5. The summed E-state index contributed by atoms with van der Waals surface area (Å²) < 4.78 is 3.80. The maximum atomic E-state index is 4.75. The van der Waals surface area contributed by atoms with Crippen LogP contribution >= 0.6 is 0 Å². The molecule has 0 aliphatic rings. The van der Waals surface area contributed by atoms with Gasteiger partial charge in [0.05, 0.1) is 17.3 Å². The van der Waals surface area contributed by atoms with Crippen LogP contribution in [0.15, 0.2) is 42.7 Å². The molecule has 98 valence electrons. The molecule has 0 radical (unpaired) electrons. The third-order valence-corrected chi connectivity index (χ3v) is 3.54. The first-order chi connectivity index (χ1) is 9.74. The average molecular weight is 263 g/mol. The molecule has 5 nitrogen and oxygen atoms in total. The summed E-state index contributed by atoms with van der Waals surface area (Å²) in [5.41, 5.74) is 3.82. The molecule has 0 saturated carbocycles. The number of fused-ring (bicyclic) bond motifs is 3. The Balaban J connectivity index is 2.08. The third-order valence-electron chi connectivity index (χ3n) is 3.54. The van der Waals surface area contributed by atoms with Crippen molar-refractivity contribution in [3.8, 4) is 11.3 Å². The number of hydrogen-bond donors (Lipinski definition) is 0. The topological polar surface area (TPSA) is 48.0 Å². The lowest BCUT2D eigenvalue weighted by Crippen LogP contribution is -1.98. The van der Waals surface area contributed by atoms with Crippen LogP contribution in [0.1, 0.15) is 5.82 Å². The molecule has 0 saturated heterocycles. The molecule has 0 N–H and O–H groups in total. The van der Waals surface area contributed by atoms with E-state index in [0.717, 1.165) is 33.8 Å². The molecule has 1 aromatic carbocycles. The quantitative estimate of drug-likeness (QED) is 0.530. The smallest absolute Gasteiger partial charge is 0.163 e. The van der Waals surface area contributed by atoms with E-state index in [9.17, 15) is 0 Å². The summed E-state index contributed by atoms with van der Waals surface area (Å²) in [5.74, 6) is 0.908. The molecule has 3 aromatic heterocycles. The minimum absolute atomic E-state index is 0.861. The van der Waals surface area contributed by atoms with Crippen LogP contribution in [-0.2, 0) is 7.05 Å². The van der Waals surface area contributed by atoms with Crippen LogP contribution in [0.5, 0.6) is 0 Å². The van der Waals surface area contributed by atoms with E-state index in [1.165, 1.54) is 0 Å². The van der Waals surface area contributed by atoms with Gasteiger partial charge in [-0.2, -0.15) is 5.10 Å². The lowest BCUT2D eigenvalue weighted by atomic mass is 10.2. The van der Waals surface area contributed by atoms with Gasteiger partial charge in [0.2, 0.25) is 0 Å². The van der Waals surface area contributed by atoms with Crippen LogP contribution in [0.4, 0.5) is 0 Å². The summed E-state index contributed by atoms with van der Waals surface area (Å²) in [5, 5.41) is 5.24. The Hall–Kier alpha value is -2.69. The highest BCUT2D eigenvalue weighted by molar-refractivity contribution is 5.90. The van der Waals surface area contributed by atoms with E-state index in [4.69, 9.17) is 4.98 Å². The fourth-order valence-corrected chi connectivity index (χ4v) is 2.49. The molecule has 0 amide bonds. The predicted octanol–water partition coefficient (Wildman–Crippen LogP) is 2.59. The van der Waals surface area contributed by atoms with Crippen molar-refractivity contribution in [1.29, 1.82) is 0 Å². The Morgan fingerprint density at radius 2 is 1.80 bits per heavy atom. The van der Waals surface area contributed by atoms with Crippen LogP contribution in [0, 0.1) is 6.92 Å². The summed E-state index contributed by atoms with van der Waals surface area (Å²) in [4.78, 5) is 9.35. The van der Waals surface area contributed by atoms with Gasteiger partial charge in [-0.05, 0) is 6.92 Å². The molecule has 0 aliphatic heterocycles. The van der Waals surface area contributed by atoms with E-state index in [1.807, 2.05) is 49.0 Å². The fourth-order valence-electron chi connectivity index (χ4n) is 2.49. The van der Waals surface area contributed by atoms with E-state index in [-0.39, 0.29) is 0 Å². The van der Waals surface area contributed by atoms with Gasteiger partial charge in [-0.15, -0.1) is 0 Å². The predicted molar refractivity (Wildman–Crippen MR) is 77.4 cm³/mol. The zero-order valence-electron chi connectivity index (χ0n) is 11.3. The maximum absolute atomic E-state index is 4.75. The van der Waals surface area contributed by atoms with Crippen molar-refractivity contribution in [2.24, 2.45) is 7.05 Å². The molecular weight excluding hydrogens is 250 g/mol. The van der Waals surface area contributed by atoms with Gasteiger partial charge in [-0.1, -0.05) is 30.3 Å². The van der Waals surface area contributed by atoms with Crippen LogP contribution in [0.3, 0.4) is 0 Å². The van der Waals surface area contributed by atoms with Crippen LogP contribution in [0.2, 0.25) is 0 Å². The lowest BCUT2D eigenvalue weighted by molar-refractivity contribution is 0.781. The molecule has 0 fully saturated rings. The Labute approximate surface area is 115 Å². The van der Waals surface area contributed by atoms with E-state index >= 15 is 0 Å². The van der Waals surface area contributed by atoms with Crippen molar-refractivity contribution in [1.82, 2.24) is 24.1 Å². The number of imidazole rings is 1. The molecule has 5 heteroatoms. The van der Waals surface area contributed by atoms with Crippen LogP contribution in [-0.4, -0.2) is 24.1 Å². The van der Waals surface area contributed by atoms with Gasteiger partial charge in [0, 0.05) is 18.8 Å². The first-order valence-corrected chi connectivity index (χ1v) is 6.47. The van der Waals surface area contributed by atoms with Crippen molar-refractivity contribution < 1.29 is 0 Å². The minimum atomic E-state index is 0.861.